The number of fused-ring (bicyclic) bond motifs is 1. The summed E-state index contributed by atoms with van der Waals surface area (Å²) in [6.45, 7) is 4.31. The fourth-order valence-electron chi connectivity index (χ4n) is 2.55. The number of hydrogen-bond donors (Lipinski definition) is 0. The van der Waals surface area contributed by atoms with Crippen LogP contribution in [0.25, 0.3) is 11.1 Å². The number of para-hydroxylation sites is 2. The molecule has 2 heterocycles. The number of nitrogens with zero attached hydrogens (tertiary/aromatic N) is 2. The molecule has 1 aliphatic rings. The molecule has 1 atom stereocenters. The Morgan fingerprint density at radius 2 is 2.06 bits per heavy atom. The maximum Gasteiger partial charge on any atom is 0.298 e. The van der Waals surface area contributed by atoms with Crippen molar-refractivity contribution in [3.05, 3.63) is 24.3 Å². The second kappa shape index (κ2) is 4.92. The summed E-state index contributed by atoms with van der Waals surface area (Å²) in [5.41, 5.74) is 1.83. The summed E-state index contributed by atoms with van der Waals surface area (Å²) in [6.07, 6.45) is 2.40. The molecule has 1 fully saturated rings. The first-order valence-corrected chi connectivity index (χ1v) is 7.40. The van der Waals surface area contributed by atoms with Crippen LogP contribution in [0.4, 0.5) is 6.01 Å². The zero-order chi connectivity index (χ0) is 12.5. The predicted molar refractivity (Wildman–Crippen MR) is 77.3 cm³/mol. The van der Waals surface area contributed by atoms with E-state index in [0.717, 1.165) is 36.1 Å². The molecule has 0 bridgehead atoms. The van der Waals surface area contributed by atoms with Gasteiger partial charge in [-0.15, -0.1) is 0 Å². The number of oxazole rings is 1. The lowest BCUT2D eigenvalue weighted by atomic mass is 9.94. The topological polar surface area (TPSA) is 29.3 Å². The number of piperidine rings is 1. The Balaban J connectivity index is 1.76. The van der Waals surface area contributed by atoms with Crippen LogP contribution < -0.4 is 4.90 Å². The van der Waals surface area contributed by atoms with Gasteiger partial charge in [-0.3, -0.25) is 0 Å². The van der Waals surface area contributed by atoms with Crippen LogP contribution in [0.5, 0.6) is 0 Å². The molecule has 0 spiro atoms. The average Bonchev–Trinajstić information content (AvgIpc) is 2.82. The average molecular weight is 309 g/mol. The normalized spacial score (nSPS) is 19.3. The van der Waals surface area contributed by atoms with Gasteiger partial charge in [-0.2, -0.15) is 4.98 Å². The van der Waals surface area contributed by atoms with Crippen molar-refractivity contribution in [1.82, 2.24) is 4.98 Å². The SMILES string of the molecule is CC(Br)C1CCN(c2nc3ccccc3o2)CC1. The molecule has 2 aromatic rings. The Bertz CT molecular complexity index is 496. The van der Waals surface area contributed by atoms with Crippen molar-refractivity contribution in [2.45, 2.75) is 24.6 Å². The van der Waals surface area contributed by atoms with Crippen molar-refractivity contribution in [3.8, 4) is 0 Å². The molecule has 3 nitrogen and oxygen atoms in total. The third-order valence-corrected chi connectivity index (χ3v) is 4.49. The number of halogens is 1. The van der Waals surface area contributed by atoms with E-state index < -0.39 is 0 Å². The standard InChI is InChI=1S/C14H17BrN2O/c1-10(15)11-6-8-17(9-7-11)14-16-12-4-2-3-5-13(12)18-14/h2-5,10-11H,6-9H2,1H3. The summed E-state index contributed by atoms with van der Waals surface area (Å²) < 4.78 is 5.81. The van der Waals surface area contributed by atoms with Gasteiger partial charge in [0.15, 0.2) is 5.58 Å². The van der Waals surface area contributed by atoms with Gasteiger partial charge in [-0.1, -0.05) is 35.0 Å². The molecule has 18 heavy (non-hydrogen) atoms. The third kappa shape index (κ3) is 2.26. The first kappa shape index (κ1) is 12.0. The molecule has 1 aliphatic heterocycles. The molecular weight excluding hydrogens is 292 g/mol. The highest BCUT2D eigenvalue weighted by Gasteiger charge is 2.24. The first-order valence-electron chi connectivity index (χ1n) is 6.48. The highest BCUT2D eigenvalue weighted by Crippen LogP contribution is 2.29. The minimum absolute atomic E-state index is 0.600. The van der Waals surface area contributed by atoms with Crippen LogP contribution in [0.1, 0.15) is 19.8 Å². The fraction of sp³-hybridized carbons (Fsp3) is 0.500. The van der Waals surface area contributed by atoms with Gasteiger partial charge in [0.25, 0.3) is 6.01 Å². The summed E-state index contributed by atoms with van der Waals surface area (Å²) in [4.78, 5) is 7.41. The molecule has 0 radical (unpaired) electrons. The van der Waals surface area contributed by atoms with Crippen LogP contribution in [0, 0.1) is 5.92 Å². The summed E-state index contributed by atoms with van der Waals surface area (Å²) in [5, 5.41) is 0. The smallest absolute Gasteiger partial charge is 0.298 e. The van der Waals surface area contributed by atoms with Crippen LogP contribution in [0.3, 0.4) is 0 Å². The van der Waals surface area contributed by atoms with Crippen molar-refractivity contribution in [2.75, 3.05) is 18.0 Å². The minimum atomic E-state index is 0.600. The molecule has 4 heteroatoms. The van der Waals surface area contributed by atoms with E-state index in [4.69, 9.17) is 4.42 Å². The van der Waals surface area contributed by atoms with Crippen molar-refractivity contribution in [2.24, 2.45) is 5.92 Å². The van der Waals surface area contributed by atoms with Gasteiger partial charge in [0.05, 0.1) is 0 Å². The monoisotopic (exact) mass is 308 g/mol. The Labute approximate surface area is 115 Å². The molecule has 1 saturated heterocycles. The zero-order valence-corrected chi connectivity index (χ0v) is 12.1. The Hall–Kier alpha value is -1.03. The number of alkyl halides is 1. The Kier molecular flexibility index (Phi) is 3.29. The number of hydrogen-bond acceptors (Lipinski definition) is 3. The molecule has 0 amide bonds. The van der Waals surface area contributed by atoms with Gasteiger partial charge in [0.1, 0.15) is 5.52 Å². The van der Waals surface area contributed by atoms with E-state index in [9.17, 15) is 0 Å². The van der Waals surface area contributed by atoms with Crippen LogP contribution in [0.15, 0.2) is 28.7 Å². The fourth-order valence-corrected chi connectivity index (χ4v) is 3.07. The molecule has 0 N–H and O–H groups in total. The van der Waals surface area contributed by atoms with Crippen molar-refractivity contribution in [3.63, 3.8) is 0 Å². The largest absolute Gasteiger partial charge is 0.423 e. The van der Waals surface area contributed by atoms with E-state index in [0.29, 0.717) is 4.83 Å². The minimum Gasteiger partial charge on any atom is -0.423 e. The number of rotatable bonds is 2. The Morgan fingerprint density at radius 1 is 1.33 bits per heavy atom. The second-order valence-electron chi connectivity index (χ2n) is 4.97. The van der Waals surface area contributed by atoms with Crippen molar-refractivity contribution in [1.29, 1.82) is 0 Å². The molecule has 1 unspecified atom stereocenters. The first-order chi connectivity index (χ1) is 8.74. The predicted octanol–water partition coefficient (Wildman–Crippen LogP) is 3.83. The van der Waals surface area contributed by atoms with Gasteiger partial charge in [-0.25, -0.2) is 0 Å². The number of anilines is 1. The third-order valence-electron chi connectivity index (χ3n) is 3.74. The maximum atomic E-state index is 5.81. The van der Waals surface area contributed by atoms with Gasteiger partial charge in [0.2, 0.25) is 0 Å². The lowest BCUT2D eigenvalue weighted by Crippen LogP contribution is -2.35. The molecule has 1 aromatic heterocycles. The van der Waals surface area contributed by atoms with E-state index >= 15 is 0 Å². The molecule has 1 aromatic carbocycles. The summed E-state index contributed by atoms with van der Waals surface area (Å²) in [5.74, 6) is 0.769. The van der Waals surface area contributed by atoms with E-state index in [-0.39, 0.29) is 0 Å². The van der Waals surface area contributed by atoms with Crippen LogP contribution >= 0.6 is 15.9 Å². The van der Waals surface area contributed by atoms with Gasteiger partial charge >= 0.3 is 0 Å². The van der Waals surface area contributed by atoms with Gasteiger partial charge in [0, 0.05) is 17.9 Å². The van der Waals surface area contributed by atoms with Gasteiger partial charge < -0.3 is 9.32 Å². The van der Waals surface area contributed by atoms with Gasteiger partial charge in [-0.05, 0) is 30.9 Å². The van der Waals surface area contributed by atoms with E-state index in [1.54, 1.807) is 0 Å². The molecule has 3 rings (SSSR count). The number of aromatic nitrogens is 1. The molecule has 0 aliphatic carbocycles. The summed E-state index contributed by atoms with van der Waals surface area (Å²) in [6, 6.07) is 8.72. The van der Waals surface area contributed by atoms with Crippen LogP contribution in [-0.2, 0) is 0 Å². The number of benzene rings is 1. The highest BCUT2D eigenvalue weighted by molar-refractivity contribution is 9.09. The van der Waals surface area contributed by atoms with E-state index in [1.807, 2.05) is 24.3 Å². The molecule has 96 valence electrons. The molecular formula is C14H17BrN2O. The second-order valence-corrected chi connectivity index (χ2v) is 6.41. The maximum absolute atomic E-state index is 5.81. The summed E-state index contributed by atoms with van der Waals surface area (Å²) in [7, 11) is 0. The van der Waals surface area contributed by atoms with E-state index in [1.165, 1.54) is 12.8 Å². The lowest BCUT2D eigenvalue weighted by Gasteiger charge is -2.32. The van der Waals surface area contributed by atoms with Crippen LogP contribution in [-0.4, -0.2) is 22.9 Å². The van der Waals surface area contributed by atoms with Crippen molar-refractivity contribution >= 4 is 33.0 Å². The summed E-state index contributed by atoms with van der Waals surface area (Å²) >= 11 is 3.68. The zero-order valence-electron chi connectivity index (χ0n) is 10.5. The van der Waals surface area contributed by atoms with Crippen LogP contribution in [0.2, 0.25) is 0 Å². The van der Waals surface area contributed by atoms with E-state index in [2.05, 4.69) is 32.7 Å². The highest BCUT2D eigenvalue weighted by atomic mass is 79.9. The lowest BCUT2D eigenvalue weighted by molar-refractivity contribution is 0.391. The Morgan fingerprint density at radius 3 is 2.72 bits per heavy atom. The quantitative estimate of drug-likeness (QED) is 0.790. The van der Waals surface area contributed by atoms with Crippen molar-refractivity contribution < 1.29 is 4.42 Å². The molecule has 0 saturated carbocycles.